The van der Waals surface area contributed by atoms with E-state index >= 15 is 0 Å². The van der Waals surface area contributed by atoms with Crippen molar-refractivity contribution in [3.05, 3.63) is 15.7 Å². The van der Waals surface area contributed by atoms with E-state index in [9.17, 15) is 4.79 Å². The molecule has 0 aliphatic heterocycles. The minimum atomic E-state index is -0.945. The molecule has 2 heterocycles. The first-order chi connectivity index (χ1) is 6.13. The highest BCUT2D eigenvalue weighted by Gasteiger charge is 2.20. The highest BCUT2D eigenvalue weighted by atomic mass is 79.9. The molecule has 0 atom stereocenters. The Morgan fingerprint density at radius 2 is 2.46 bits per heavy atom. The van der Waals surface area contributed by atoms with E-state index in [4.69, 9.17) is 5.11 Å². The van der Waals surface area contributed by atoms with Crippen LogP contribution >= 0.6 is 27.3 Å². The van der Waals surface area contributed by atoms with E-state index in [1.165, 1.54) is 11.3 Å². The zero-order valence-electron chi connectivity index (χ0n) is 6.61. The molecule has 0 saturated heterocycles. The number of aromatic carboxylic acids is 1. The second-order valence-corrected chi connectivity index (χ2v) is 4.18. The van der Waals surface area contributed by atoms with Gasteiger partial charge < -0.3 is 9.67 Å². The lowest BCUT2D eigenvalue weighted by molar-refractivity contribution is 0.0686. The van der Waals surface area contributed by atoms with Gasteiger partial charge in [-0.05, 0) is 15.9 Å². The van der Waals surface area contributed by atoms with Gasteiger partial charge in [0.1, 0.15) is 5.69 Å². The number of aryl methyl sites for hydroxylation is 1. The highest BCUT2D eigenvalue weighted by molar-refractivity contribution is 9.10. The van der Waals surface area contributed by atoms with E-state index in [1.807, 2.05) is 0 Å². The van der Waals surface area contributed by atoms with Crippen LogP contribution in [-0.2, 0) is 7.05 Å². The Morgan fingerprint density at radius 3 is 3.00 bits per heavy atom. The standard InChI is InChI=1S/C7H5BrN2O2S/c1-10-4(7(11)12)3(8)5-6(10)9-2-13-5/h2H,1H3,(H,11,12). The number of halogens is 1. The summed E-state index contributed by atoms with van der Waals surface area (Å²) in [5.41, 5.74) is 2.64. The van der Waals surface area contributed by atoms with Crippen LogP contribution in [-0.4, -0.2) is 20.6 Å². The average molecular weight is 261 g/mol. The molecule has 0 aliphatic rings. The maximum Gasteiger partial charge on any atom is 0.353 e. The summed E-state index contributed by atoms with van der Waals surface area (Å²) in [7, 11) is 1.69. The molecule has 0 fully saturated rings. The Bertz CT molecular complexity index is 453. The maximum absolute atomic E-state index is 10.8. The first kappa shape index (κ1) is 8.71. The van der Waals surface area contributed by atoms with Crippen LogP contribution in [0, 0.1) is 0 Å². The second kappa shape index (κ2) is 2.81. The Kier molecular flexibility index (Phi) is 1.88. The van der Waals surface area contributed by atoms with Gasteiger partial charge >= 0.3 is 5.97 Å². The topological polar surface area (TPSA) is 55.1 Å². The van der Waals surface area contributed by atoms with Gasteiger partial charge in [0.05, 0.1) is 14.7 Å². The molecule has 13 heavy (non-hydrogen) atoms. The van der Waals surface area contributed by atoms with Gasteiger partial charge in [0.2, 0.25) is 0 Å². The van der Waals surface area contributed by atoms with E-state index in [0.29, 0.717) is 10.1 Å². The molecular formula is C7H5BrN2O2S. The fraction of sp³-hybridized carbons (Fsp3) is 0.143. The molecule has 0 aromatic carbocycles. The molecule has 4 nitrogen and oxygen atoms in total. The zero-order chi connectivity index (χ0) is 9.59. The molecule has 0 spiro atoms. The smallest absolute Gasteiger partial charge is 0.353 e. The highest BCUT2D eigenvalue weighted by Crippen LogP contribution is 2.32. The van der Waals surface area contributed by atoms with Crippen molar-refractivity contribution in [3.8, 4) is 0 Å². The van der Waals surface area contributed by atoms with Crippen LogP contribution in [0.15, 0.2) is 9.98 Å². The van der Waals surface area contributed by atoms with Crippen molar-refractivity contribution in [2.45, 2.75) is 0 Å². The summed E-state index contributed by atoms with van der Waals surface area (Å²) >= 11 is 4.68. The number of aromatic nitrogens is 2. The number of rotatable bonds is 1. The van der Waals surface area contributed by atoms with Crippen molar-refractivity contribution in [1.82, 2.24) is 9.55 Å². The Balaban J connectivity index is 2.89. The first-order valence-electron chi connectivity index (χ1n) is 3.43. The third kappa shape index (κ3) is 1.09. The largest absolute Gasteiger partial charge is 0.477 e. The van der Waals surface area contributed by atoms with Crippen LogP contribution < -0.4 is 0 Å². The maximum atomic E-state index is 10.8. The molecule has 2 aromatic heterocycles. The van der Waals surface area contributed by atoms with Crippen LogP contribution in [0.2, 0.25) is 0 Å². The minimum absolute atomic E-state index is 0.245. The summed E-state index contributed by atoms with van der Waals surface area (Å²) < 4.78 is 3.05. The number of hydrogen-bond acceptors (Lipinski definition) is 3. The molecule has 0 unspecified atom stereocenters. The molecule has 68 valence electrons. The monoisotopic (exact) mass is 260 g/mol. The summed E-state index contributed by atoms with van der Waals surface area (Å²) in [6.07, 6.45) is 0. The van der Waals surface area contributed by atoms with Gasteiger partial charge in [0, 0.05) is 7.05 Å². The molecule has 0 aliphatic carbocycles. The van der Waals surface area contributed by atoms with Crippen LogP contribution in [0.25, 0.3) is 10.3 Å². The van der Waals surface area contributed by atoms with Gasteiger partial charge in [-0.15, -0.1) is 11.3 Å². The Morgan fingerprint density at radius 1 is 1.77 bits per heavy atom. The van der Waals surface area contributed by atoms with E-state index in [1.54, 1.807) is 17.1 Å². The van der Waals surface area contributed by atoms with Gasteiger partial charge in [-0.3, -0.25) is 0 Å². The third-order valence-electron chi connectivity index (χ3n) is 1.81. The number of carboxylic acid groups (broad SMARTS) is 1. The first-order valence-corrected chi connectivity index (χ1v) is 5.11. The number of thiazole rings is 1. The van der Waals surface area contributed by atoms with Crippen molar-refractivity contribution in [2.24, 2.45) is 7.05 Å². The summed E-state index contributed by atoms with van der Waals surface area (Å²) in [6.45, 7) is 0. The van der Waals surface area contributed by atoms with Crippen LogP contribution in [0.5, 0.6) is 0 Å². The lowest BCUT2D eigenvalue weighted by Crippen LogP contribution is -2.04. The number of nitrogens with zero attached hydrogens (tertiary/aromatic N) is 2. The molecule has 0 saturated carbocycles. The zero-order valence-corrected chi connectivity index (χ0v) is 9.02. The van der Waals surface area contributed by atoms with Crippen LogP contribution in [0.3, 0.4) is 0 Å². The molecule has 0 amide bonds. The van der Waals surface area contributed by atoms with Crippen LogP contribution in [0.1, 0.15) is 10.5 Å². The quantitative estimate of drug-likeness (QED) is 0.855. The number of hydrogen-bond donors (Lipinski definition) is 1. The molecular weight excluding hydrogens is 256 g/mol. The number of carbonyl (C=O) groups is 1. The van der Waals surface area contributed by atoms with Gasteiger partial charge in [0.15, 0.2) is 5.65 Å². The average Bonchev–Trinajstić information content (AvgIpc) is 2.56. The molecule has 1 N–H and O–H groups in total. The minimum Gasteiger partial charge on any atom is -0.477 e. The van der Waals surface area contributed by atoms with Gasteiger partial charge in [0.25, 0.3) is 0 Å². The SMILES string of the molecule is Cn1c(C(=O)O)c(Br)c2scnc21. The van der Waals surface area contributed by atoms with Crippen molar-refractivity contribution >= 4 is 43.6 Å². The van der Waals surface area contributed by atoms with Gasteiger partial charge in [-0.2, -0.15) is 0 Å². The fourth-order valence-corrected chi connectivity index (χ4v) is 2.87. The molecule has 2 aromatic rings. The second-order valence-electron chi connectivity index (χ2n) is 2.53. The van der Waals surface area contributed by atoms with Crippen molar-refractivity contribution in [1.29, 1.82) is 0 Å². The van der Waals surface area contributed by atoms with Crippen molar-refractivity contribution in [2.75, 3.05) is 0 Å². The fourth-order valence-electron chi connectivity index (χ4n) is 1.23. The van der Waals surface area contributed by atoms with E-state index in [-0.39, 0.29) is 5.69 Å². The van der Waals surface area contributed by atoms with E-state index < -0.39 is 5.97 Å². The lowest BCUT2D eigenvalue weighted by Gasteiger charge is -1.96. The predicted molar refractivity (Wildman–Crippen MR) is 53.3 cm³/mol. The summed E-state index contributed by atoms with van der Waals surface area (Å²) in [4.78, 5) is 14.9. The number of carboxylic acids is 1. The van der Waals surface area contributed by atoms with Crippen LogP contribution in [0.4, 0.5) is 0 Å². The molecule has 0 radical (unpaired) electrons. The lowest BCUT2D eigenvalue weighted by atomic mass is 10.4. The van der Waals surface area contributed by atoms with Gasteiger partial charge in [-0.25, -0.2) is 9.78 Å². The van der Waals surface area contributed by atoms with Gasteiger partial charge in [-0.1, -0.05) is 0 Å². The summed E-state index contributed by atoms with van der Waals surface area (Å²) in [6, 6.07) is 0. The third-order valence-corrected chi connectivity index (χ3v) is 3.68. The summed E-state index contributed by atoms with van der Waals surface area (Å²) in [5.74, 6) is -0.945. The van der Waals surface area contributed by atoms with E-state index in [2.05, 4.69) is 20.9 Å². The summed E-state index contributed by atoms with van der Waals surface area (Å²) in [5, 5.41) is 8.89. The molecule has 2 rings (SSSR count). The molecule has 0 bridgehead atoms. The van der Waals surface area contributed by atoms with Crippen molar-refractivity contribution < 1.29 is 9.90 Å². The van der Waals surface area contributed by atoms with E-state index in [0.717, 1.165) is 4.70 Å². The predicted octanol–water partition coefficient (Wildman–Crippen LogP) is 2.10. The van der Waals surface area contributed by atoms with Crippen molar-refractivity contribution in [3.63, 3.8) is 0 Å². The molecule has 6 heteroatoms. The number of fused-ring (bicyclic) bond motifs is 1. The Hall–Kier alpha value is -0.880. The Labute approximate surface area is 85.9 Å². The normalized spacial score (nSPS) is 10.9.